The molecule has 5 rings (SSSR count). The number of fused-ring (bicyclic) bond motifs is 1. The van der Waals surface area contributed by atoms with Crippen LogP contribution in [0.2, 0.25) is 0 Å². The molecule has 5 nitrogen and oxygen atoms in total. The molecule has 0 aliphatic carbocycles. The van der Waals surface area contributed by atoms with Gasteiger partial charge in [0.05, 0.1) is 12.8 Å². The number of carbonyl (C=O) groups is 2. The number of ether oxygens (including phenoxy) is 1. The molecule has 2 N–H and O–H groups in total. The molecule has 0 aromatic heterocycles. The lowest BCUT2D eigenvalue weighted by Gasteiger charge is -2.18. The third-order valence-electron chi connectivity index (χ3n) is 6.08. The second-order valence-corrected chi connectivity index (χ2v) is 9.82. The Morgan fingerprint density at radius 3 is 2.16 bits per heavy atom. The molecule has 0 bridgehead atoms. The molecule has 1 unspecified atom stereocenters. The van der Waals surface area contributed by atoms with Crippen LogP contribution in [0, 0.1) is 0 Å². The Hall–Kier alpha value is -4.55. The average Bonchev–Trinajstić information content (AvgIpc) is 2.97. The molecule has 5 aromatic carbocycles. The maximum Gasteiger partial charge on any atom is 0.255 e. The first-order chi connectivity index (χ1) is 18.6. The fourth-order valence-electron chi connectivity index (χ4n) is 4.13. The van der Waals surface area contributed by atoms with Crippen molar-refractivity contribution in [1.82, 2.24) is 0 Å². The van der Waals surface area contributed by atoms with Gasteiger partial charge in [-0.2, -0.15) is 0 Å². The second-order valence-electron chi connectivity index (χ2n) is 8.64. The minimum Gasteiger partial charge on any atom is -0.495 e. The number of carbonyl (C=O) groups excluding carboxylic acids is 2. The van der Waals surface area contributed by atoms with Crippen molar-refractivity contribution in [3.63, 3.8) is 0 Å². The van der Waals surface area contributed by atoms with Crippen LogP contribution in [0.3, 0.4) is 0 Å². The van der Waals surface area contributed by atoms with Crippen molar-refractivity contribution in [3.05, 3.63) is 132 Å². The SMILES string of the molecule is COc1ccccc1NC(=O)C(Sc1ccc(NC(=O)c2ccc3ccccc3c2)cc1)c1ccccc1. The Bertz CT molecular complexity index is 1570. The van der Waals surface area contributed by atoms with Crippen LogP contribution in [0.1, 0.15) is 21.2 Å². The molecule has 0 saturated heterocycles. The molecule has 0 saturated carbocycles. The maximum atomic E-state index is 13.4. The molecule has 2 amide bonds. The van der Waals surface area contributed by atoms with E-state index in [2.05, 4.69) is 10.6 Å². The van der Waals surface area contributed by atoms with Crippen LogP contribution >= 0.6 is 11.8 Å². The van der Waals surface area contributed by atoms with E-state index in [-0.39, 0.29) is 11.8 Å². The smallest absolute Gasteiger partial charge is 0.255 e. The maximum absolute atomic E-state index is 13.4. The summed E-state index contributed by atoms with van der Waals surface area (Å²) < 4.78 is 5.39. The van der Waals surface area contributed by atoms with Gasteiger partial charge < -0.3 is 15.4 Å². The molecule has 5 aromatic rings. The Labute approximate surface area is 225 Å². The van der Waals surface area contributed by atoms with Gasteiger partial charge in [-0.25, -0.2) is 0 Å². The highest BCUT2D eigenvalue weighted by atomic mass is 32.2. The lowest BCUT2D eigenvalue weighted by molar-refractivity contribution is -0.115. The summed E-state index contributed by atoms with van der Waals surface area (Å²) in [6, 6.07) is 38.1. The van der Waals surface area contributed by atoms with Crippen LogP contribution in [-0.2, 0) is 4.79 Å². The number of para-hydroxylation sites is 2. The lowest BCUT2D eigenvalue weighted by Crippen LogP contribution is -2.19. The molecule has 0 aliphatic heterocycles. The average molecular weight is 519 g/mol. The predicted molar refractivity (Wildman–Crippen MR) is 155 cm³/mol. The van der Waals surface area contributed by atoms with Gasteiger partial charge in [0, 0.05) is 16.1 Å². The summed E-state index contributed by atoms with van der Waals surface area (Å²) in [4.78, 5) is 27.1. The van der Waals surface area contributed by atoms with E-state index in [1.54, 1.807) is 7.11 Å². The highest BCUT2D eigenvalue weighted by Gasteiger charge is 2.23. The first kappa shape index (κ1) is 25.1. The minimum absolute atomic E-state index is 0.153. The van der Waals surface area contributed by atoms with Crippen molar-refractivity contribution in [3.8, 4) is 5.75 Å². The Balaban J connectivity index is 1.31. The van der Waals surface area contributed by atoms with Crippen LogP contribution in [0.25, 0.3) is 10.8 Å². The van der Waals surface area contributed by atoms with Crippen LogP contribution in [0.15, 0.2) is 126 Å². The quantitative estimate of drug-likeness (QED) is 0.208. The molecule has 0 aliphatic rings. The van der Waals surface area contributed by atoms with E-state index in [1.165, 1.54) is 11.8 Å². The molecular formula is C32H26N2O3S. The Morgan fingerprint density at radius 2 is 1.39 bits per heavy atom. The van der Waals surface area contributed by atoms with Gasteiger partial charge in [0.15, 0.2) is 0 Å². The Morgan fingerprint density at radius 1 is 0.711 bits per heavy atom. The van der Waals surface area contributed by atoms with Gasteiger partial charge in [-0.15, -0.1) is 11.8 Å². The van der Waals surface area contributed by atoms with E-state index in [0.29, 0.717) is 22.7 Å². The number of nitrogens with one attached hydrogen (secondary N) is 2. The van der Waals surface area contributed by atoms with Crippen LogP contribution in [0.4, 0.5) is 11.4 Å². The van der Waals surface area contributed by atoms with Gasteiger partial charge in [-0.05, 0) is 64.9 Å². The van der Waals surface area contributed by atoms with Crippen LogP contribution in [-0.4, -0.2) is 18.9 Å². The first-order valence-corrected chi connectivity index (χ1v) is 13.0. The van der Waals surface area contributed by atoms with Gasteiger partial charge in [-0.1, -0.05) is 72.8 Å². The summed E-state index contributed by atoms with van der Waals surface area (Å²) in [6.07, 6.45) is 0. The zero-order valence-electron chi connectivity index (χ0n) is 20.8. The molecule has 38 heavy (non-hydrogen) atoms. The lowest BCUT2D eigenvalue weighted by atomic mass is 10.1. The van der Waals surface area contributed by atoms with Gasteiger partial charge in [-0.3, -0.25) is 9.59 Å². The van der Waals surface area contributed by atoms with Crippen molar-refractivity contribution in [1.29, 1.82) is 0 Å². The van der Waals surface area contributed by atoms with Crippen molar-refractivity contribution >= 4 is 45.7 Å². The van der Waals surface area contributed by atoms with Gasteiger partial charge in [0.25, 0.3) is 5.91 Å². The summed E-state index contributed by atoms with van der Waals surface area (Å²) in [5.41, 5.74) is 2.79. The standard InChI is InChI=1S/C32H26N2O3S/c1-37-29-14-8-7-13-28(29)34-32(36)30(23-10-3-2-4-11-23)38-27-19-17-26(18-20-27)33-31(35)25-16-15-22-9-5-6-12-24(22)21-25/h2-21,30H,1H3,(H,33,35)(H,34,36). The summed E-state index contributed by atoms with van der Waals surface area (Å²) in [5.74, 6) is 0.276. The number of rotatable bonds is 8. The monoisotopic (exact) mass is 518 g/mol. The molecular weight excluding hydrogens is 492 g/mol. The van der Waals surface area contributed by atoms with Crippen LogP contribution in [0.5, 0.6) is 5.75 Å². The highest BCUT2D eigenvalue weighted by molar-refractivity contribution is 8.00. The molecule has 0 spiro atoms. The number of methoxy groups -OCH3 is 1. The first-order valence-electron chi connectivity index (χ1n) is 12.2. The van der Waals surface area contributed by atoms with Gasteiger partial charge >= 0.3 is 0 Å². The number of hydrogen-bond acceptors (Lipinski definition) is 4. The number of hydrogen-bond donors (Lipinski definition) is 2. The van der Waals surface area contributed by atoms with Gasteiger partial charge in [0.1, 0.15) is 11.0 Å². The second kappa shape index (κ2) is 11.7. The number of thioether (sulfide) groups is 1. The summed E-state index contributed by atoms with van der Waals surface area (Å²) in [7, 11) is 1.58. The third kappa shape index (κ3) is 5.88. The number of anilines is 2. The van der Waals surface area contributed by atoms with Crippen molar-refractivity contribution < 1.29 is 14.3 Å². The molecule has 0 radical (unpaired) electrons. The summed E-state index contributed by atoms with van der Waals surface area (Å²) in [6.45, 7) is 0. The van der Waals surface area contributed by atoms with Crippen molar-refractivity contribution in [2.75, 3.05) is 17.7 Å². The molecule has 0 fully saturated rings. The highest BCUT2D eigenvalue weighted by Crippen LogP contribution is 2.37. The van der Waals surface area contributed by atoms with E-state index < -0.39 is 5.25 Å². The zero-order chi connectivity index (χ0) is 26.3. The largest absolute Gasteiger partial charge is 0.495 e. The van der Waals surface area contributed by atoms with Gasteiger partial charge in [0.2, 0.25) is 5.91 Å². The predicted octanol–water partition coefficient (Wildman–Crippen LogP) is 7.57. The number of benzene rings is 5. The minimum atomic E-state index is -0.487. The normalized spacial score (nSPS) is 11.5. The molecule has 6 heteroatoms. The van der Waals surface area contributed by atoms with Crippen molar-refractivity contribution in [2.24, 2.45) is 0 Å². The molecule has 1 atom stereocenters. The number of amides is 2. The Kier molecular flexibility index (Phi) is 7.71. The third-order valence-corrected chi connectivity index (χ3v) is 7.35. The van der Waals surface area contributed by atoms with Crippen molar-refractivity contribution in [2.45, 2.75) is 10.1 Å². The van der Waals surface area contributed by atoms with E-state index in [4.69, 9.17) is 4.74 Å². The zero-order valence-corrected chi connectivity index (χ0v) is 21.6. The topological polar surface area (TPSA) is 67.4 Å². The summed E-state index contributed by atoms with van der Waals surface area (Å²) in [5, 5.41) is 7.59. The van der Waals surface area contributed by atoms with Crippen LogP contribution < -0.4 is 15.4 Å². The fraction of sp³-hybridized carbons (Fsp3) is 0.0625. The fourth-order valence-corrected chi connectivity index (χ4v) is 5.16. The summed E-state index contributed by atoms with van der Waals surface area (Å²) >= 11 is 1.44. The molecule has 188 valence electrons. The van der Waals surface area contributed by atoms with E-state index >= 15 is 0 Å². The van der Waals surface area contributed by atoms with E-state index in [1.807, 2.05) is 121 Å². The molecule has 0 heterocycles. The van der Waals surface area contributed by atoms with E-state index in [9.17, 15) is 9.59 Å². The van der Waals surface area contributed by atoms with E-state index in [0.717, 1.165) is 21.2 Å².